The highest BCUT2D eigenvalue weighted by atomic mass is 15.2. The molecule has 2 heteroatoms. The van der Waals surface area contributed by atoms with Gasteiger partial charge in [-0.1, -0.05) is 46.5 Å². The van der Waals surface area contributed by atoms with Gasteiger partial charge in [-0.2, -0.15) is 0 Å². The lowest BCUT2D eigenvalue weighted by Gasteiger charge is -2.37. The summed E-state index contributed by atoms with van der Waals surface area (Å²) in [6.07, 6.45) is 12.4. The molecule has 0 bridgehead atoms. The monoisotopic (exact) mass is 296 g/mol. The van der Waals surface area contributed by atoms with Crippen molar-refractivity contribution >= 4 is 0 Å². The van der Waals surface area contributed by atoms with Gasteiger partial charge in [-0.3, -0.25) is 4.90 Å². The molecule has 1 aliphatic rings. The molecule has 2 unspecified atom stereocenters. The molecular weight excluding hydrogens is 256 g/mol. The van der Waals surface area contributed by atoms with Crippen LogP contribution in [0.4, 0.5) is 0 Å². The molecule has 0 aromatic rings. The first-order valence-corrected chi connectivity index (χ1v) is 9.70. The number of hydrogen-bond donors (Lipinski definition) is 1. The Morgan fingerprint density at radius 3 is 2.33 bits per heavy atom. The van der Waals surface area contributed by atoms with Crippen LogP contribution in [0.15, 0.2) is 0 Å². The van der Waals surface area contributed by atoms with Crippen LogP contribution >= 0.6 is 0 Å². The molecule has 0 saturated heterocycles. The van der Waals surface area contributed by atoms with Crippen molar-refractivity contribution in [2.75, 3.05) is 19.6 Å². The summed E-state index contributed by atoms with van der Waals surface area (Å²) >= 11 is 0. The summed E-state index contributed by atoms with van der Waals surface area (Å²) in [5.74, 6) is 0.915. The number of rotatable bonds is 11. The Morgan fingerprint density at radius 1 is 1.05 bits per heavy atom. The molecule has 2 nitrogen and oxygen atoms in total. The molecule has 0 amide bonds. The summed E-state index contributed by atoms with van der Waals surface area (Å²) < 4.78 is 0. The molecule has 1 saturated carbocycles. The van der Waals surface area contributed by atoms with E-state index < -0.39 is 0 Å². The highest BCUT2D eigenvalue weighted by molar-refractivity contribution is 4.83. The molecule has 0 heterocycles. The van der Waals surface area contributed by atoms with E-state index in [1.807, 2.05) is 0 Å². The Balaban J connectivity index is 2.60. The average molecular weight is 297 g/mol. The van der Waals surface area contributed by atoms with E-state index in [0.29, 0.717) is 0 Å². The van der Waals surface area contributed by atoms with Crippen LogP contribution in [0.25, 0.3) is 0 Å². The molecule has 1 N–H and O–H groups in total. The summed E-state index contributed by atoms with van der Waals surface area (Å²) in [5.41, 5.74) is 0. The molecule has 0 radical (unpaired) electrons. The Morgan fingerprint density at radius 2 is 1.76 bits per heavy atom. The Bertz CT molecular complexity index is 236. The lowest BCUT2D eigenvalue weighted by atomic mass is 9.83. The molecule has 1 fully saturated rings. The first-order chi connectivity index (χ1) is 10.2. The zero-order chi connectivity index (χ0) is 15.5. The van der Waals surface area contributed by atoms with Gasteiger partial charge >= 0.3 is 0 Å². The fraction of sp³-hybridized carbons (Fsp3) is 1.00. The third-order valence-corrected chi connectivity index (χ3v) is 5.32. The second-order valence-electron chi connectivity index (χ2n) is 7.06. The minimum atomic E-state index is 0.719. The van der Waals surface area contributed by atoms with Crippen LogP contribution in [-0.4, -0.2) is 36.6 Å². The van der Waals surface area contributed by atoms with Gasteiger partial charge in [0.25, 0.3) is 0 Å². The summed E-state index contributed by atoms with van der Waals surface area (Å²) in [5, 5.41) is 3.88. The van der Waals surface area contributed by atoms with Crippen LogP contribution in [0.5, 0.6) is 0 Å². The normalized spacial score (nSPS) is 19.9. The quantitative estimate of drug-likeness (QED) is 0.587. The van der Waals surface area contributed by atoms with Crippen LogP contribution < -0.4 is 5.32 Å². The van der Waals surface area contributed by atoms with Crippen molar-refractivity contribution < 1.29 is 0 Å². The van der Waals surface area contributed by atoms with Gasteiger partial charge in [0.05, 0.1) is 0 Å². The van der Waals surface area contributed by atoms with Crippen LogP contribution in [0.1, 0.15) is 85.5 Å². The Labute approximate surface area is 134 Å². The average Bonchev–Trinajstić information content (AvgIpc) is 2.54. The number of nitrogens with zero attached hydrogens (tertiary/aromatic N) is 1. The highest BCUT2D eigenvalue weighted by Crippen LogP contribution is 2.27. The topological polar surface area (TPSA) is 15.3 Å². The van der Waals surface area contributed by atoms with Crippen LogP contribution in [0.2, 0.25) is 0 Å². The number of hydrogen-bond acceptors (Lipinski definition) is 2. The third-order valence-electron chi connectivity index (χ3n) is 5.32. The van der Waals surface area contributed by atoms with E-state index in [1.165, 1.54) is 77.4 Å². The lowest BCUT2D eigenvalue weighted by molar-refractivity contribution is 0.144. The summed E-state index contributed by atoms with van der Waals surface area (Å²) in [4.78, 5) is 2.76. The molecule has 0 spiro atoms. The van der Waals surface area contributed by atoms with Gasteiger partial charge in [0.2, 0.25) is 0 Å². The van der Waals surface area contributed by atoms with Crippen molar-refractivity contribution in [2.24, 2.45) is 5.92 Å². The van der Waals surface area contributed by atoms with E-state index in [0.717, 1.165) is 18.0 Å². The predicted molar refractivity (Wildman–Crippen MR) is 94.9 cm³/mol. The van der Waals surface area contributed by atoms with Gasteiger partial charge in [-0.15, -0.1) is 0 Å². The van der Waals surface area contributed by atoms with Crippen molar-refractivity contribution in [1.82, 2.24) is 10.2 Å². The van der Waals surface area contributed by atoms with Crippen molar-refractivity contribution in [3.8, 4) is 0 Å². The van der Waals surface area contributed by atoms with Gasteiger partial charge in [-0.25, -0.2) is 0 Å². The van der Waals surface area contributed by atoms with Crippen LogP contribution in [0.3, 0.4) is 0 Å². The fourth-order valence-corrected chi connectivity index (χ4v) is 3.61. The zero-order valence-corrected chi connectivity index (χ0v) is 15.2. The molecule has 2 atom stereocenters. The van der Waals surface area contributed by atoms with E-state index in [4.69, 9.17) is 0 Å². The van der Waals surface area contributed by atoms with E-state index in [1.54, 1.807) is 0 Å². The number of unbranched alkanes of at least 4 members (excludes halogenated alkanes) is 1. The smallest absolute Gasteiger partial charge is 0.0223 e. The molecule has 0 aliphatic heterocycles. The molecule has 0 aromatic carbocycles. The van der Waals surface area contributed by atoms with E-state index in [2.05, 4.69) is 37.9 Å². The molecule has 21 heavy (non-hydrogen) atoms. The molecule has 1 rings (SSSR count). The second-order valence-corrected chi connectivity index (χ2v) is 7.06. The predicted octanol–water partition coefficient (Wildman–Crippen LogP) is 4.84. The Kier molecular flexibility index (Phi) is 10.4. The molecular formula is C19H40N2. The minimum absolute atomic E-state index is 0.719. The largest absolute Gasteiger partial charge is 0.312 e. The van der Waals surface area contributed by atoms with Crippen LogP contribution in [0, 0.1) is 5.92 Å². The highest BCUT2D eigenvalue weighted by Gasteiger charge is 2.26. The maximum absolute atomic E-state index is 3.88. The molecule has 0 aromatic heterocycles. The molecule has 1 aliphatic carbocycles. The van der Waals surface area contributed by atoms with Gasteiger partial charge in [0, 0.05) is 18.6 Å². The van der Waals surface area contributed by atoms with Crippen LogP contribution in [-0.2, 0) is 0 Å². The molecule has 126 valence electrons. The van der Waals surface area contributed by atoms with Crippen molar-refractivity contribution in [1.29, 1.82) is 0 Å². The standard InChI is InChI=1S/C19H40N2/c1-5-8-15-21(17(4)7-3)16-19(20-14-6-2)18-12-10-9-11-13-18/h17-20H,5-16H2,1-4H3. The maximum Gasteiger partial charge on any atom is 0.0223 e. The number of nitrogens with one attached hydrogen (secondary N) is 1. The Hall–Kier alpha value is -0.0800. The summed E-state index contributed by atoms with van der Waals surface area (Å²) in [7, 11) is 0. The summed E-state index contributed by atoms with van der Waals surface area (Å²) in [6, 6.07) is 1.45. The zero-order valence-electron chi connectivity index (χ0n) is 15.2. The lowest BCUT2D eigenvalue weighted by Crippen LogP contribution is -2.49. The third kappa shape index (κ3) is 7.15. The van der Waals surface area contributed by atoms with Crippen molar-refractivity contribution in [3.05, 3.63) is 0 Å². The second kappa shape index (κ2) is 11.5. The maximum atomic E-state index is 3.88. The van der Waals surface area contributed by atoms with Gasteiger partial charge in [-0.05, 0) is 58.0 Å². The van der Waals surface area contributed by atoms with E-state index in [-0.39, 0.29) is 0 Å². The van der Waals surface area contributed by atoms with Crippen molar-refractivity contribution in [3.63, 3.8) is 0 Å². The van der Waals surface area contributed by atoms with E-state index >= 15 is 0 Å². The van der Waals surface area contributed by atoms with Gasteiger partial charge < -0.3 is 5.32 Å². The first-order valence-electron chi connectivity index (χ1n) is 9.70. The van der Waals surface area contributed by atoms with Gasteiger partial charge in [0.1, 0.15) is 0 Å². The minimum Gasteiger partial charge on any atom is -0.312 e. The van der Waals surface area contributed by atoms with E-state index in [9.17, 15) is 0 Å². The summed E-state index contributed by atoms with van der Waals surface area (Å²) in [6.45, 7) is 13.1. The SMILES string of the molecule is CCCCN(CC(NCCC)C1CCCCC1)C(C)CC. The van der Waals surface area contributed by atoms with Gasteiger partial charge in [0.15, 0.2) is 0 Å². The first kappa shape index (κ1) is 19.0. The van der Waals surface area contributed by atoms with Crippen molar-refractivity contribution in [2.45, 2.75) is 97.6 Å². The fourth-order valence-electron chi connectivity index (χ4n) is 3.61.